The number of guanidine groups is 1. The number of nitrogens with two attached hydrogens (primary N) is 2. The van der Waals surface area contributed by atoms with Crippen molar-refractivity contribution in [2.75, 3.05) is 6.26 Å². The van der Waals surface area contributed by atoms with E-state index in [-0.39, 0.29) is 16.9 Å². The number of aryl methyl sites for hydroxylation is 1. The summed E-state index contributed by atoms with van der Waals surface area (Å²) in [5.74, 6) is -1.30. The van der Waals surface area contributed by atoms with Gasteiger partial charge < -0.3 is 11.5 Å². The molecule has 140 valence electrons. The predicted octanol–water partition coefficient (Wildman–Crippen LogP) is 0.638. The first-order valence-corrected chi connectivity index (χ1v) is 10.8. The molecule has 10 heteroatoms. The summed E-state index contributed by atoms with van der Waals surface area (Å²) in [7, 11) is -7.89. The zero-order valence-electron chi connectivity index (χ0n) is 14.8. The second-order valence-corrected chi connectivity index (χ2v) is 11.2. The van der Waals surface area contributed by atoms with Crippen molar-refractivity contribution in [2.24, 2.45) is 16.5 Å². The molecule has 0 saturated heterocycles. The van der Waals surface area contributed by atoms with Crippen molar-refractivity contribution in [2.45, 2.75) is 48.7 Å². The Morgan fingerprint density at radius 2 is 1.60 bits per heavy atom. The number of benzene rings is 1. The lowest BCUT2D eigenvalue weighted by Gasteiger charge is -2.22. The highest BCUT2D eigenvalue weighted by atomic mass is 32.2. The van der Waals surface area contributed by atoms with Crippen LogP contribution in [-0.2, 0) is 26.1 Å². The average Bonchev–Trinajstić information content (AvgIpc) is 2.42. The summed E-state index contributed by atoms with van der Waals surface area (Å²) < 4.78 is 48.8. The Balaban J connectivity index is 3.96. The molecule has 0 bridgehead atoms. The van der Waals surface area contributed by atoms with E-state index in [0.29, 0.717) is 5.56 Å². The number of sulfone groups is 2. The Labute approximate surface area is 148 Å². The van der Waals surface area contributed by atoms with E-state index in [1.165, 1.54) is 26.8 Å². The minimum Gasteiger partial charge on any atom is -0.370 e. The quantitative estimate of drug-likeness (QED) is 0.566. The van der Waals surface area contributed by atoms with Crippen molar-refractivity contribution in [3.63, 3.8) is 0 Å². The number of amides is 1. The monoisotopic (exact) mass is 389 g/mol. The molecule has 0 saturated carbocycles. The summed E-state index contributed by atoms with van der Waals surface area (Å²) in [6, 6.07) is 2.24. The average molecular weight is 389 g/mol. The van der Waals surface area contributed by atoms with E-state index in [1.807, 2.05) is 0 Å². The second-order valence-electron chi connectivity index (χ2n) is 6.54. The topological polar surface area (TPSA) is 150 Å². The molecule has 0 aliphatic carbocycles. The predicted molar refractivity (Wildman–Crippen MR) is 96.0 cm³/mol. The summed E-state index contributed by atoms with van der Waals surface area (Å²) in [6.45, 7) is 6.12. The third kappa shape index (κ3) is 4.37. The van der Waals surface area contributed by atoms with Gasteiger partial charge in [-0.1, -0.05) is 6.92 Å². The highest BCUT2D eigenvalue weighted by Crippen LogP contribution is 2.33. The highest BCUT2D eigenvalue weighted by molar-refractivity contribution is 7.95. The van der Waals surface area contributed by atoms with Gasteiger partial charge in [0.1, 0.15) is 0 Å². The Bertz CT molecular complexity index is 936. The van der Waals surface area contributed by atoms with Crippen LogP contribution in [0.25, 0.3) is 0 Å². The van der Waals surface area contributed by atoms with Crippen LogP contribution in [0.2, 0.25) is 0 Å². The summed E-state index contributed by atoms with van der Waals surface area (Å²) >= 11 is 0. The number of hydrogen-bond acceptors (Lipinski definition) is 5. The van der Waals surface area contributed by atoms with Gasteiger partial charge in [0.05, 0.1) is 14.5 Å². The summed E-state index contributed by atoms with van der Waals surface area (Å²) in [6.07, 6.45) is 1.17. The fraction of sp³-hybridized carbons (Fsp3) is 0.467. The minimum atomic E-state index is -3.96. The lowest BCUT2D eigenvalue weighted by molar-refractivity contribution is 0.100. The molecule has 0 fully saturated rings. The smallest absolute Gasteiger partial charge is 0.280 e. The minimum absolute atomic E-state index is 0.0517. The largest absolute Gasteiger partial charge is 0.370 e. The molecule has 1 aromatic carbocycles. The van der Waals surface area contributed by atoms with Gasteiger partial charge in [-0.05, 0) is 44.9 Å². The molecule has 1 rings (SSSR count). The van der Waals surface area contributed by atoms with Gasteiger partial charge in [-0.15, -0.1) is 0 Å². The number of carbonyl (C=O) groups is 1. The Morgan fingerprint density at radius 1 is 1.08 bits per heavy atom. The van der Waals surface area contributed by atoms with Crippen molar-refractivity contribution < 1.29 is 21.6 Å². The van der Waals surface area contributed by atoms with Crippen LogP contribution in [0.5, 0.6) is 0 Å². The molecule has 4 N–H and O–H groups in total. The molecule has 0 radical (unpaired) electrons. The van der Waals surface area contributed by atoms with E-state index >= 15 is 0 Å². The highest BCUT2D eigenvalue weighted by Gasteiger charge is 2.36. The normalized spacial score (nSPS) is 12.7. The van der Waals surface area contributed by atoms with Crippen LogP contribution in [0, 0.1) is 0 Å². The molecule has 0 unspecified atom stereocenters. The molecule has 0 aliphatic rings. The van der Waals surface area contributed by atoms with Gasteiger partial charge >= 0.3 is 0 Å². The first-order chi connectivity index (χ1) is 11.1. The molecule has 0 aromatic heterocycles. The van der Waals surface area contributed by atoms with Gasteiger partial charge in [0.15, 0.2) is 25.6 Å². The van der Waals surface area contributed by atoms with Gasteiger partial charge in [-0.25, -0.2) is 16.8 Å². The van der Waals surface area contributed by atoms with E-state index in [4.69, 9.17) is 11.5 Å². The van der Waals surface area contributed by atoms with E-state index < -0.39 is 41.2 Å². The number of rotatable bonds is 4. The summed E-state index contributed by atoms with van der Waals surface area (Å²) in [5, 5.41) is 0. The van der Waals surface area contributed by atoms with Gasteiger partial charge in [0, 0.05) is 11.8 Å². The van der Waals surface area contributed by atoms with Gasteiger partial charge in [-0.3, -0.25) is 4.79 Å². The summed E-state index contributed by atoms with van der Waals surface area (Å²) in [5.41, 5.74) is 10.7. The molecule has 0 atom stereocenters. The number of nitrogens with zero attached hydrogens (tertiary/aromatic N) is 1. The van der Waals surface area contributed by atoms with E-state index in [2.05, 4.69) is 4.99 Å². The molecule has 0 spiro atoms. The van der Waals surface area contributed by atoms with Crippen LogP contribution < -0.4 is 11.5 Å². The molecule has 1 aromatic rings. The van der Waals surface area contributed by atoms with E-state index in [9.17, 15) is 21.6 Å². The van der Waals surface area contributed by atoms with Gasteiger partial charge in [0.2, 0.25) is 0 Å². The molecule has 8 nitrogen and oxygen atoms in total. The van der Waals surface area contributed by atoms with Crippen molar-refractivity contribution in [3.8, 4) is 0 Å². The first-order valence-electron chi connectivity index (χ1n) is 7.38. The maximum absolute atomic E-state index is 12.8. The SMILES string of the molecule is CCc1cc(S(=O)(=O)C(C)(C)C)c(S(C)(=O)=O)cc1C(=O)N=C(N)N. The van der Waals surface area contributed by atoms with Crippen LogP contribution in [-0.4, -0.2) is 39.7 Å². The zero-order valence-corrected chi connectivity index (χ0v) is 16.5. The fourth-order valence-electron chi connectivity index (χ4n) is 2.10. The maximum atomic E-state index is 12.8. The van der Waals surface area contributed by atoms with Crippen LogP contribution in [0.3, 0.4) is 0 Å². The third-order valence-electron chi connectivity index (χ3n) is 3.51. The Hall–Kier alpha value is -1.94. The van der Waals surface area contributed by atoms with Crippen LogP contribution in [0.15, 0.2) is 26.9 Å². The molecule has 0 heterocycles. The standard InChI is InChI=1S/C15H23N3O5S2/c1-6-9-7-12(25(22,23)15(2,3)4)11(24(5,20)21)8-10(9)13(19)18-14(16)17/h7-8H,6H2,1-5H3,(H4,16,17,18,19). The first kappa shape index (κ1) is 21.1. The van der Waals surface area contributed by atoms with Gasteiger partial charge in [0.25, 0.3) is 5.91 Å². The molecular weight excluding hydrogens is 366 g/mol. The lowest BCUT2D eigenvalue weighted by atomic mass is 10.0. The Morgan fingerprint density at radius 3 is 1.96 bits per heavy atom. The maximum Gasteiger partial charge on any atom is 0.280 e. The number of hydrogen-bond donors (Lipinski definition) is 2. The van der Waals surface area contributed by atoms with Crippen molar-refractivity contribution in [3.05, 3.63) is 23.3 Å². The van der Waals surface area contributed by atoms with E-state index in [1.54, 1.807) is 6.92 Å². The molecule has 0 aliphatic heterocycles. The van der Waals surface area contributed by atoms with Crippen LogP contribution in [0.1, 0.15) is 43.6 Å². The Kier molecular flexibility index (Phi) is 5.70. The molecule has 25 heavy (non-hydrogen) atoms. The molecule has 1 amide bonds. The lowest BCUT2D eigenvalue weighted by Crippen LogP contribution is -2.30. The summed E-state index contributed by atoms with van der Waals surface area (Å²) in [4.78, 5) is 14.8. The fourth-order valence-corrected chi connectivity index (χ4v) is 4.92. The van der Waals surface area contributed by atoms with Crippen molar-refractivity contribution in [1.29, 1.82) is 0 Å². The van der Waals surface area contributed by atoms with Gasteiger partial charge in [-0.2, -0.15) is 4.99 Å². The molecular formula is C15H23N3O5S2. The van der Waals surface area contributed by atoms with Crippen molar-refractivity contribution >= 4 is 31.5 Å². The second kappa shape index (κ2) is 6.75. The number of carbonyl (C=O) groups excluding carboxylic acids is 1. The van der Waals surface area contributed by atoms with Crippen LogP contribution in [0.4, 0.5) is 0 Å². The van der Waals surface area contributed by atoms with Crippen molar-refractivity contribution in [1.82, 2.24) is 0 Å². The van der Waals surface area contributed by atoms with E-state index in [0.717, 1.165) is 12.3 Å². The third-order valence-corrected chi connectivity index (χ3v) is 7.30. The number of aliphatic imine (C=N–C) groups is 1. The zero-order chi connectivity index (χ0) is 19.8. The van der Waals surface area contributed by atoms with Crippen LogP contribution >= 0.6 is 0 Å².